The number of aliphatic carboxylic acids is 4. The second kappa shape index (κ2) is 7.04. The molecule has 4 unspecified atom stereocenters. The van der Waals surface area contributed by atoms with Gasteiger partial charge >= 0.3 is 23.9 Å². The first-order chi connectivity index (χ1) is 12.8. The topological polar surface area (TPSA) is 149 Å². The van der Waals surface area contributed by atoms with Crippen LogP contribution in [0.1, 0.15) is 59.8 Å². The van der Waals surface area contributed by atoms with Gasteiger partial charge in [-0.1, -0.05) is 27.7 Å². The molecule has 28 heavy (non-hydrogen) atoms. The van der Waals surface area contributed by atoms with E-state index in [2.05, 4.69) is 0 Å². The molecule has 2 aliphatic carbocycles. The molecule has 0 bridgehead atoms. The predicted molar refractivity (Wildman–Crippen MR) is 97.6 cm³/mol. The van der Waals surface area contributed by atoms with Crippen molar-refractivity contribution in [1.29, 1.82) is 0 Å². The molecular weight excluding hydrogens is 368 g/mol. The van der Waals surface area contributed by atoms with Gasteiger partial charge in [-0.15, -0.1) is 0 Å². The summed E-state index contributed by atoms with van der Waals surface area (Å²) in [4.78, 5) is 48.5. The highest BCUT2D eigenvalue weighted by Crippen LogP contribution is 2.68. The number of carboxylic acids is 4. The van der Waals surface area contributed by atoms with Gasteiger partial charge in [-0.2, -0.15) is 0 Å². The molecule has 0 heterocycles. The average molecular weight is 398 g/mol. The normalized spacial score (nSPS) is 40.4. The molecule has 2 rings (SSSR count). The average Bonchev–Trinajstić information content (AvgIpc) is 2.57. The van der Waals surface area contributed by atoms with Crippen molar-refractivity contribution in [2.24, 2.45) is 39.9 Å². The van der Waals surface area contributed by atoms with Crippen LogP contribution in [0, 0.1) is 39.9 Å². The van der Waals surface area contributed by atoms with Gasteiger partial charge in [0.05, 0.1) is 22.7 Å². The molecule has 4 N–H and O–H groups in total. The number of carboxylic acid groups (broad SMARTS) is 4. The minimum atomic E-state index is -1.69. The highest BCUT2D eigenvalue weighted by Gasteiger charge is 2.72. The van der Waals surface area contributed by atoms with Gasteiger partial charge in [0, 0.05) is 0 Å². The van der Waals surface area contributed by atoms with Gasteiger partial charge < -0.3 is 20.4 Å². The fourth-order valence-corrected chi connectivity index (χ4v) is 6.22. The monoisotopic (exact) mass is 398 g/mol. The largest absolute Gasteiger partial charge is 0.481 e. The van der Waals surface area contributed by atoms with Crippen LogP contribution in [0.5, 0.6) is 0 Å². The molecule has 0 amide bonds. The van der Waals surface area contributed by atoms with Crippen LogP contribution in [0.4, 0.5) is 0 Å². The first-order valence-electron chi connectivity index (χ1n) is 9.68. The Balaban J connectivity index is 2.67. The minimum absolute atomic E-state index is 0.0494. The van der Waals surface area contributed by atoms with Gasteiger partial charge in [0.25, 0.3) is 0 Å². The Morgan fingerprint density at radius 1 is 0.821 bits per heavy atom. The summed E-state index contributed by atoms with van der Waals surface area (Å²) in [5.41, 5.74) is -4.46. The van der Waals surface area contributed by atoms with Gasteiger partial charge in [0.15, 0.2) is 0 Å². The summed E-state index contributed by atoms with van der Waals surface area (Å²) in [5, 5.41) is 39.6. The Hall–Kier alpha value is -2.12. The van der Waals surface area contributed by atoms with Crippen LogP contribution in [0.2, 0.25) is 0 Å². The van der Waals surface area contributed by atoms with Gasteiger partial charge in [-0.25, -0.2) is 0 Å². The second-order valence-corrected chi connectivity index (χ2v) is 9.27. The summed E-state index contributed by atoms with van der Waals surface area (Å²) in [6.45, 7) is 6.66. The van der Waals surface area contributed by atoms with E-state index in [1.165, 1.54) is 0 Å². The summed E-state index contributed by atoms with van der Waals surface area (Å²) < 4.78 is 0. The quantitative estimate of drug-likeness (QED) is 0.552. The summed E-state index contributed by atoms with van der Waals surface area (Å²) in [5.74, 6) is -7.04. The Kier molecular flexibility index (Phi) is 5.58. The standard InChI is InChI=1S/C20H30O8/c1-10-9-20(17(27)28,18(3,4)11(2)13(10)15(23)24)19(16(25)26)7-5-12(6-8-19)14(21)22/h10-13H,5-9H2,1-4H3,(H,21,22)(H,23,24)(H,25,26)(H,27,28). The zero-order chi connectivity index (χ0) is 21.7. The second-order valence-electron chi connectivity index (χ2n) is 9.27. The molecule has 4 atom stereocenters. The van der Waals surface area contributed by atoms with Crippen LogP contribution in [-0.4, -0.2) is 44.3 Å². The number of hydrogen-bond acceptors (Lipinski definition) is 4. The third-order valence-corrected chi connectivity index (χ3v) is 8.08. The molecule has 0 aliphatic heterocycles. The Morgan fingerprint density at radius 3 is 1.68 bits per heavy atom. The van der Waals surface area contributed by atoms with Crippen molar-refractivity contribution in [1.82, 2.24) is 0 Å². The maximum atomic E-state index is 12.8. The molecule has 2 saturated carbocycles. The van der Waals surface area contributed by atoms with Crippen LogP contribution >= 0.6 is 0 Å². The van der Waals surface area contributed by atoms with Crippen molar-refractivity contribution in [2.45, 2.75) is 59.8 Å². The van der Waals surface area contributed by atoms with Crippen LogP contribution < -0.4 is 0 Å². The maximum absolute atomic E-state index is 12.8. The molecule has 0 saturated heterocycles. The van der Waals surface area contributed by atoms with E-state index in [0.29, 0.717) is 0 Å². The molecule has 0 spiro atoms. The molecule has 0 aromatic rings. The van der Waals surface area contributed by atoms with E-state index >= 15 is 0 Å². The van der Waals surface area contributed by atoms with Gasteiger partial charge in [-0.05, 0) is 49.4 Å². The molecule has 0 aromatic carbocycles. The molecule has 8 nitrogen and oxygen atoms in total. The number of hydrogen-bond donors (Lipinski definition) is 4. The number of rotatable bonds is 5. The molecule has 2 fully saturated rings. The van der Waals surface area contributed by atoms with Crippen molar-refractivity contribution >= 4 is 23.9 Å². The molecule has 8 heteroatoms. The van der Waals surface area contributed by atoms with Gasteiger partial charge in [0.2, 0.25) is 0 Å². The van der Waals surface area contributed by atoms with Crippen LogP contribution in [0.25, 0.3) is 0 Å². The SMILES string of the molecule is CC1CC(C(=O)O)(C2(C(=O)O)CCC(C(=O)O)CC2)C(C)(C)C(C)C1C(=O)O. The molecule has 0 aromatic heterocycles. The lowest BCUT2D eigenvalue weighted by Crippen LogP contribution is -2.67. The molecular formula is C20H30O8. The zero-order valence-corrected chi connectivity index (χ0v) is 16.8. The third kappa shape index (κ3) is 2.79. The molecule has 0 radical (unpaired) electrons. The van der Waals surface area contributed by atoms with E-state index in [4.69, 9.17) is 0 Å². The minimum Gasteiger partial charge on any atom is -0.481 e. The van der Waals surface area contributed by atoms with Crippen molar-refractivity contribution < 1.29 is 39.6 Å². The summed E-state index contributed by atoms with van der Waals surface area (Å²) in [6, 6.07) is 0. The van der Waals surface area contributed by atoms with Crippen molar-refractivity contribution in [3.63, 3.8) is 0 Å². The van der Waals surface area contributed by atoms with Crippen LogP contribution in [0.3, 0.4) is 0 Å². The van der Waals surface area contributed by atoms with E-state index in [9.17, 15) is 39.6 Å². The predicted octanol–water partition coefficient (Wildman–Crippen LogP) is 2.81. The lowest BCUT2D eigenvalue weighted by Gasteiger charge is -2.62. The van der Waals surface area contributed by atoms with E-state index in [1.54, 1.807) is 27.7 Å². The highest BCUT2D eigenvalue weighted by molar-refractivity contribution is 5.88. The van der Waals surface area contributed by atoms with E-state index in [1.807, 2.05) is 0 Å². The zero-order valence-electron chi connectivity index (χ0n) is 16.8. The maximum Gasteiger partial charge on any atom is 0.311 e. The summed E-state index contributed by atoms with van der Waals surface area (Å²) in [6.07, 6.45) is 0.0226. The lowest BCUT2D eigenvalue weighted by atomic mass is 9.38. The first kappa shape index (κ1) is 22.2. The van der Waals surface area contributed by atoms with E-state index < -0.39 is 63.8 Å². The Labute approximate surface area is 163 Å². The molecule has 158 valence electrons. The summed E-state index contributed by atoms with van der Waals surface area (Å²) in [7, 11) is 0. The smallest absolute Gasteiger partial charge is 0.311 e. The Bertz CT molecular complexity index is 688. The van der Waals surface area contributed by atoms with Crippen molar-refractivity contribution in [3.8, 4) is 0 Å². The first-order valence-corrected chi connectivity index (χ1v) is 9.68. The van der Waals surface area contributed by atoms with E-state index in [-0.39, 0.29) is 32.1 Å². The number of carbonyl (C=O) groups is 4. The Morgan fingerprint density at radius 2 is 1.32 bits per heavy atom. The van der Waals surface area contributed by atoms with Crippen molar-refractivity contribution in [2.75, 3.05) is 0 Å². The van der Waals surface area contributed by atoms with Gasteiger partial charge in [-0.3, -0.25) is 19.2 Å². The lowest BCUT2D eigenvalue weighted by molar-refractivity contribution is -0.219. The summed E-state index contributed by atoms with van der Waals surface area (Å²) >= 11 is 0. The molecule has 2 aliphatic rings. The van der Waals surface area contributed by atoms with E-state index in [0.717, 1.165) is 0 Å². The van der Waals surface area contributed by atoms with Gasteiger partial charge in [0.1, 0.15) is 0 Å². The fraction of sp³-hybridized carbons (Fsp3) is 0.800. The third-order valence-electron chi connectivity index (χ3n) is 8.08. The fourth-order valence-electron chi connectivity index (χ4n) is 6.22. The van der Waals surface area contributed by atoms with Crippen LogP contribution in [-0.2, 0) is 19.2 Å². The highest BCUT2D eigenvalue weighted by atomic mass is 16.4. The van der Waals surface area contributed by atoms with Crippen LogP contribution in [0.15, 0.2) is 0 Å². The van der Waals surface area contributed by atoms with Crippen molar-refractivity contribution in [3.05, 3.63) is 0 Å².